The highest BCUT2D eigenvalue weighted by Crippen LogP contribution is 2.38. The molecule has 0 atom stereocenters. The van der Waals surface area contributed by atoms with Gasteiger partial charge < -0.3 is 19.5 Å². The van der Waals surface area contributed by atoms with E-state index in [1.165, 1.54) is 0 Å². The minimum atomic E-state index is -0.338. The van der Waals surface area contributed by atoms with Gasteiger partial charge in [0.05, 0.1) is 16.3 Å². The third kappa shape index (κ3) is 4.58. The summed E-state index contributed by atoms with van der Waals surface area (Å²) in [5.41, 5.74) is 1.78. The molecule has 5 nitrogen and oxygen atoms in total. The van der Waals surface area contributed by atoms with Crippen molar-refractivity contribution in [2.75, 3.05) is 18.5 Å². The van der Waals surface area contributed by atoms with Crippen LogP contribution in [0.4, 0.5) is 5.69 Å². The van der Waals surface area contributed by atoms with E-state index in [0.717, 1.165) is 5.56 Å². The number of halogens is 2. The molecule has 4 rings (SSSR count). The van der Waals surface area contributed by atoms with Gasteiger partial charge in [-0.3, -0.25) is 4.79 Å². The maximum absolute atomic E-state index is 12.9. The Morgan fingerprint density at radius 2 is 1.66 bits per heavy atom. The smallest absolute Gasteiger partial charge is 0.259 e. The van der Waals surface area contributed by atoms with Gasteiger partial charge in [0.1, 0.15) is 25.6 Å². The van der Waals surface area contributed by atoms with Gasteiger partial charge in [-0.25, -0.2) is 0 Å². The number of hydrogen-bond acceptors (Lipinski definition) is 4. The molecule has 0 radical (unpaired) electrons. The van der Waals surface area contributed by atoms with Crippen molar-refractivity contribution in [2.45, 2.75) is 6.61 Å². The average molecular weight is 430 g/mol. The van der Waals surface area contributed by atoms with Gasteiger partial charge in [0.2, 0.25) is 0 Å². The van der Waals surface area contributed by atoms with Crippen LogP contribution in [0.15, 0.2) is 60.7 Å². The van der Waals surface area contributed by atoms with Crippen LogP contribution >= 0.6 is 23.2 Å². The molecule has 7 heteroatoms. The number of ether oxygens (including phenoxy) is 3. The molecule has 0 saturated heterocycles. The minimum absolute atomic E-state index is 0.312. The van der Waals surface area contributed by atoms with Crippen LogP contribution in [0.25, 0.3) is 0 Å². The summed E-state index contributed by atoms with van der Waals surface area (Å²) in [6.07, 6.45) is 0. The van der Waals surface area contributed by atoms with Crippen LogP contribution in [-0.4, -0.2) is 19.1 Å². The van der Waals surface area contributed by atoms with Gasteiger partial charge in [-0.05, 0) is 29.8 Å². The van der Waals surface area contributed by atoms with Crippen LogP contribution in [0, 0.1) is 0 Å². The number of carbonyl (C=O) groups excluding carboxylic acids is 1. The van der Waals surface area contributed by atoms with Gasteiger partial charge in [-0.2, -0.15) is 0 Å². The lowest BCUT2D eigenvalue weighted by atomic mass is 10.1. The van der Waals surface area contributed by atoms with Crippen molar-refractivity contribution in [3.8, 4) is 17.2 Å². The molecule has 0 unspecified atom stereocenters. The van der Waals surface area contributed by atoms with Crippen molar-refractivity contribution in [1.82, 2.24) is 0 Å². The van der Waals surface area contributed by atoms with E-state index >= 15 is 0 Å². The van der Waals surface area contributed by atoms with Crippen LogP contribution < -0.4 is 19.5 Å². The summed E-state index contributed by atoms with van der Waals surface area (Å²) in [7, 11) is 0. The number of nitrogens with one attached hydrogen (secondary N) is 1. The molecule has 1 heterocycles. The lowest BCUT2D eigenvalue weighted by Crippen LogP contribution is -2.17. The van der Waals surface area contributed by atoms with Crippen LogP contribution in [0.5, 0.6) is 17.2 Å². The molecule has 3 aromatic rings. The van der Waals surface area contributed by atoms with E-state index < -0.39 is 0 Å². The Hall–Kier alpha value is -2.89. The number of anilines is 1. The quantitative estimate of drug-likeness (QED) is 0.573. The van der Waals surface area contributed by atoms with Crippen LogP contribution in [0.2, 0.25) is 10.0 Å². The molecule has 1 aliphatic rings. The Kier molecular flexibility index (Phi) is 5.79. The van der Waals surface area contributed by atoms with E-state index in [0.29, 0.717) is 58.4 Å². The van der Waals surface area contributed by atoms with Gasteiger partial charge in [-0.15, -0.1) is 0 Å². The summed E-state index contributed by atoms with van der Waals surface area (Å²) in [6, 6.07) is 17.7. The molecule has 1 aliphatic heterocycles. The summed E-state index contributed by atoms with van der Waals surface area (Å²) in [4.78, 5) is 12.9. The summed E-state index contributed by atoms with van der Waals surface area (Å²) >= 11 is 12.2. The van der Waals surface area contributed by atoms with Crippen molar-refractivity contribution < 1.29 is 19.0 Å². The number of para-hydroxylation sites is 1. The third-order valence-electron chi connectivity index (χ3n) is 4.32. The fourth-order valence-corrected chi connectivity index (χ4v) is 3.20. The van der Waals surface area contributed by atoms with Gasteiger partial charge in [0.15, 0.2) is 11.5 Å². The van der Waals surface area contributed by atoms with Crippen LogP contribution in [0.3, 0.4) is 0 Å². The maximum Gasteiger partial charge on any atom is 0.259 e. The molecule has 0 fully saturated rings. The summed E-state index contributed by atoms with van der Waals surface area (Å²) in [6.45, 7) is 1.23. The Morgan fingerprint density at radius 3 is 2.41 bits per heavy atom. The molecule has 1 N–H and O–H groups in total. The van der Waals surface area contributed by atoms with Gasteiger partial charge in [0, 0.05) is 17.2 Å². The largest absolute Gasteiger partial charge is 0.488 e. The SMILES string of the molecule is O=C(Nc1cc2c(cc1Cl)OCCO2)c1ccccc1OCc1ccc(Cl)cc1. The molecule has 3 aromatic carbocycles. The highest BCUT2D eigenvalue weighted by Gasteiger charge is 2.18. The molecule has 148 valence electrons. The second kappa shape index (κ2) is 8.64. The number of benzene rings is 3. The number of amides is 1. The van der Waals surface area contributed by atoms with Crippen molar-refractivity contribution >= 4 is 34.8 Å². The van der Waals surface area contributed by atoms with E-state index in [4.69, 9.17) is 37.4 Å². The Balaban J connectivity index is 1.51. The number of hydrogen-bond donors (Lipinski definition) is 1. The Bertz CT molecular complexity index is 1040. The van der Waals surface area contributed by atoms with Gasteiger partial charge in [0.25, 0.3) is 5.91 Å². The van der Waals surface area contributed by atoms with Gasteiger partial charge >= 0.3 is 0 Å². The molecule has 29 heavy (non-hydrogen) atoms. The predicted octanol–water partition coefficient (Wildman–Crippen LogP) is 5.60. The highest BCUT2D eigenvalue weighted by molar-refractivity contribution is 6.34. The number of fused-ring (bicyclic) bond motifs is 1. The van der Waals surface area contributed by atoms with E-state index in [1.54, 1.807) is 42.5 Å². The predicted molar refractivity (Wildman–Crippen MR) is 113 cm³/mol. The molecule has 0 bridgehead atoms. The molecule has 1 amide bonds. The fourth-order valence-electron chi connectivity index (χ4n) is 2.87. The summed E-state index contributed by atoms with van der Waals surface area (Å²) in [5.74, 6) is 1.23. The van der Waals surface area contributed by atoms with Crippen LogP contribution in [0.1, 0.15) is 15.9 Å². The third-order valence-corrected chi connectivity index (χ3v) is 4.88. The van der Waals surface area contributed by atoms with E-state index in [-0.39, 0.29) is 5.91 Å². The lowest BCUT2D eigenvalue weighted by Gasteiger charge is -2.20. The van der Waals surface area contributed by atoms with Crippen molar-refractivity contribution in [3.05, 3.63) is 81.8 Å². The topological polar surface area (TPSA) is 56.8 Å². The first-order valence-corrected chi connectivity index (χ1v) is 9.72. The van der Waals surface area contributed by atoms with E-state index in [1.807, 2.05) is 18.2 Å². The second-order valence-corrected chi connectivity index (χ2v) is 7.18. The molecule has 0 aromatic heterocycles. The van der Waals surface area contributed by atoms with E-state index in [9.17, 15) is 4.79 Å². The number of carbonyl (C=O) groups is 1. The molecule has 0 saturated carbocycles. The lowest BCUT2D eigenvalue weighted by molar-refractivity contribution is 0.102. The van der Waals surface area contributed by atoms with Crippen LogP contribution in [-0.2, 0) is 6.61 Å². The molecule has 0 aliphatic carbocycles. The summed E-state index contributed by atoms with van der Waals surface area (Å²) < 4.78 is 16.9. The highest BCUT2D eigenvalue weighted by atomic mass is 35.5. The normalized spacial score (nSPS) is 12.3. The monoisotopic (exact) mass is 429 g/mol. The number of rotatable bonds is 5. The zero-order valence-corrected chi connectivity index (χ0v) is 16.8. The van der Waals surface area contributed by atoms with Crippen molar-refractivity contribution in [3.63, 3.8) is 0 Å². The van der Waals surface area contributed by atoms with E-state index in [2.05, 4.69) is 5.32 Å². The standard InChI is InChI=1S/C22H17Cl2NO4/c23-15-7-5-14(6-8-15)13-29-19-4-2-1-3-16(19)22(26)25-18-12-21-20(11-17(18)24)27-9-10-28-21/h1-8,11-12H,9-10,13H2,(H,25,26). The summed E-state index contributed by atoms with van der Waals surface area (Å²) in [5, 5.41) is 3.84. The van der Waals surface area contributed by atoms with Gasteiger partial charge in [-0.1, -0.05) is 47.5 Å². The first-order valence-electron chi connectivity index (χ1n) is 8.97. The zero-order valence-electron chi connectivity index (χ0n) is 15.3. The average Bonchev–Trinajstić information content (AvgIpc) is 2.74. The van der Waals surface area contributed by atoms with Crippen molar-refractivity contribution in [2.24, 2.45) is 0 Å². The molecule has 0 spiro atoms. The fraction of sp³-hybridized carbons (Fsp3) is 0.136. The zero-order chi connectivity index (χ0) is 20.2. The Labute approximate surface area is 178 Å². The first kappa shape index (κ1) is 19.4. The van der Waals surface area contributed by atoms with Crippen molar-refractivity contribution in [1.29, 1.82) is 0 Å². The second-order valence-electron chi connectivity index (χ2n) is 6.34. The first-order chi connectivity index (χ1) is 14.1. The maximum atomic E-state index is 12.9. The minimum Gasteiger partial charge on any atom is -0.488 e. The Morgan fingerprint density at radius 1 is 0.966 bits per heavy atom. The molecular formula is C22H17Cl2NO4. The molecular weight excluding hydrogens is 413 g/mol.